The molecule has 0 aliphatic heterocycles. The lowest BCUT2D eigenvalue weighted by Crippen LogP contribution is -2.13. The van der Waals surface area contributed by atoms with Crippen molar-refractivity contribution in [2.24, 2.45) is 0 Å². The second kappa shape index (κ2) is 10.1. The zero-order valence-corrected chi connectivity index (χ0v) is 19.2. The summed E-state index contributed by atoms with van der Waals surface area (Å²) in [5.74, 6) is 1.14. The Kier molecular flexibility index (Phi) is 6.80. The fraction of sp³-hybridized carbons (Fsp3) is 0.115. The summed E-state index contributed by atoms with van der Waals surface area (Å²) in [7, 11) is 3.22. The van der Waals surface area contributed by atoms with Crippen LogP contribution in [0.3, 0.4) is 0 Å². The van der Waals surface area contributed by atoms with Crippen molar-refractivity contribution in [1.29, 1.82) is 0 Å². The van der Waals surface area contributed by atoms with Gasteiger partial charge in [-0.2, -0.15) is 0 Å². The monoisotopic (exact) mass is 459 g/mol. The first-order valence-corrected chi connectivity index (χ1v) is 11.2. The van der Waals surface area contributed by atoms with Gasteiger partial charge in [0, 0.05) is 28.7 Å². The zero-order chi connectivity index (χ0) is 23.2. The van der Waals surface area contributed by atoms with Crippen molar-refractivity contribution < 1.29 is 14.3 Å². The standard InChI is InChI=1S/C26H25N3O3S/c1-31-23-12-10-20(15-24(23)32-2)28-16-17-5-7-18(8-6-17)26(30)29-22-14-19(9-11-21(22)27)25-4-3-13-33-25/h3-15,28H,16,27H2,1-2H3,(H,29,30). The lowest BCUT2D eigenvalue weighted by atomic mass is 10.1. The van der Waals surface area contributed by atoms with Gasteiger partial charge in [0.2, 0.25) is 0 Å². The van der Waals surface area contributed by atoms with E-state index in [1.54, 1.807) is 37.7 Å². The average Bonchev–Trinajstić information content (AvgIpc) is 3.39. The van der Waals surface area contributed by atoms with Gasteiger partial charge in [-0.15, -0.1) is 11.3 Å². The van der Waals surface area contributed by atoms with E-state index in [1.807, 2.05) is 66.0 Å². The highest BCUT2D eigenvalue weighted by atomic mass is 32.1. The number of benzene rings is 3. The Morgan fingerprint density at radius 2 is 1.73 bits per heavy atom. The molecule has 0 fully saturated rings. The molecule has 1 heterocycles. The number of carbonyl (C=O) groups excluding carboxylic acids is 1. The minimum Gasteiger partial charge on any atom is -0.493 e. The van der Waals surface area contributed by atoms with Crippen LogP contribution in [0.1, 0.15) is 15.9 Å². The fourth-order valence-corrected chi connectivity index (χ4v) is 4.10. The highest BCUT2D eigenvalue weighted by Crippen LogP contribution is 2.31. The van der Waals surface area contributed by atoms with Crippen LogP contribution in [-0.2, 0) is 6.54 Å². The lowest BCUT2D eigenvalue weighted by Gasteiger charge is -2.12. The first-order valence-electron chi connectivity index (χ1n) is 10.4. The van der Waals surface area contributed by atoms with Gasteiger partial charge in [0.05, 0.1) is 25.6 Å². The van der Waals surface area contributed by atoms with Gasteiger partial charge in [-0.3, -0.25) is 4.79 Å². The van der Waals surface area contributed by atoms with Crippen LogP contribution in [0.15, 0.2) is 78.2 Å². The molecular formula is C26H25N3O3S. The summed E-state index contributed by atoms with van der Waals surface area (Å²) in [6, 6.07) is 22.8. The summed E-state index contributed by atoms with van der Waals surface area (Å²) >= 11 is 1.64. The Labute approximate surface area is 197 Å². The molecule has 0 aliphatic carbocycles. The van der Waals surface area contributed by atoms with Crippen LogP contribution >= 0.6 is 11.3 Å². The van der Waals surface area contributed by atoms with Gasteiger partial charge in [-0.25, -0.2) is 0 Å². The van der Waals surface area contributed by atoms with E-state index in [9.17, 15) is 4.79 Å². The summed E-state index contributed by atoms with van der Waals surface area (Å²) in [5.41, 5.74) is 10.8. The maximum atomic E-state index is 12.8. The normalized spacial score (nSPS) is 10.5. The Morgan fingerprint density at radius 1 is 0.939 bits per heavy atom. The van der Waals surface area contributed by atoms with Gasteiger partial charge in [0.1, 0.15) is 0 Å². The molecule has 0 aliphatic rings. The maximum absolute atomic E-state index is 12.8. The number of hydrogen-bond donors (Lipinski definition) is 3. The quantitative estimate of drug-likeness (QED) is 0.287. The molecule has 0 radical (unpaired) electrons. The summed E-state index contributed by atoms with van der Waals surface area (Å²) in [6.07, 6.45) is 0. The number of anilines is 3. The van der Waals surface area contributed by atoms with E-state index >= 15 is 0 Å². The van der Waals surface area contributed by atoms with Gasteiger partial charge < -0.3 is 25.8 Å². The number of carbonyl (C=O) groups is 1. The Bertz CT molecular complexity index is 1240. The van der Waals surface area contributed by atoms with Crippen LogP contribution in [0.25, 0.3) is 10.4 Å². The molecule has 0 saturated heterocycles. The molecule has 4 N–H and O–H groups in total. The SMILES string of the molecule is COc1ccc(NCc2ccc(C(=O)Nc3cc(-c4cccs4)ccc3N)cc2)cc1OC. The Morgan fingerprint density at radius 3 is 2.42 bits per heavy atom. The molecule has 33 heavy (non-hydrogen) atoms. The molecule has 4 aromatic rings. The largest absolute Gasteiger partial charge is 0.493 e. The molecule has 3 aromatic carbocycles. The predicted molar refractivity (Wildman–Crippen MR) is 135 cm³/mol. The van der Waals surface area contributed by atoms with Gasteiger partial charge in [-0.1, -0.05) is 24.3 Å². The van der Waals surface area contributed by atoms with E-state index in [1.165, 1.54) is 0 Å². The second-order valence-electron chi connectivity index (χ2n) is 7.35. The number of hydrogen-bond acceptors (Lipinski definition) is 6. The van der Waals surface area contributed by atoms with Crippen LogP contribution in [0.5, 0.6) is 11.5 Å². The number of nitrogen functional groups attached to an aromatic ring is 1. The van der Waals surface area contributed by atoms with E-state index in [0.717, 1.165) is 21.7 Å². The van der Waals surface area contributed by atoms with Crippen molar-refractivity contribution in [1.82, 2.24) is 0 Å². The number of thiophene rings is 1. The van der Waals surface area contributed by atoms with Crippen LogP contribution in [-0.4, -0.2) is 20.1 Å². The molecular weight excluding hydrogens is 434 g/mol. The highest BCUT2D eigenvalue weighted by molar-refractivity contribution is 7.13. The number of nitrogens with two attached hydrogens (primary N) is 1. The van der Waals surface area contributed by atoms with Crippen molar-refractivity contribution >= 4 is 34.3 Å². The molecule has 7 heteroatoms. The number of rotatable bonds is 8. The first-order chi connectivity index (χ1) is 16.1. The number of nitrogens with one attached hydrogen (secondary N) is 2. The number of methoxy groups -OCH3 is 2. The van der Waals surface area contributed by atoms with Gasteiger partial charge in [-0.05, 0) is 59.0 Å². The molecule has 168 valence electrons. The topological polar surface area (TPSA) is 85.6 Å². The van der Waals surface area contributed by atoms with E-state index in [4.69, 9.17) is 15.2 Å². The van der Waals surface area contributed by atoms with Crippen LogP contribution < -0.4 is 25.8 Å². The molecule has 0 spiro atoms. The minimum absolute atomic E-state index is 0.204. The summed E-state index contributed by atoms with van der Waals surface area (Å²) in [5, 5.41) is 8.30. The Hall–Kier alpha value is -3.97. The van der Waals surface area contributed by atoms with Crippen molar-refractivity contribution in [2.45, 2.75) is 6.54 Å². The fourth-order valence-electron chi connectivity index (χ4n) is 3.38. The maximum Gasteiger partial charge on any atom is 0.255 e. The zero-order valence-electron chi connectivity index (χ0n) is 18.4. The van der Waals surface area contributed by atoms with E-state index in [2.05, 4.69) is 10.6 Å². The number of ether oxygens (including phenoxy) is 2. The Balaban J connectivity index is 1.40. The molecule has 1 aromatic heterocycles. The molecule has 0 saturated carbocycles. The molecule has 6 nitrogen and oxygen atoms in total. The first kappa shape index (κ1) is 22.2. The van der Waals surface area contributed by atoms with Crippen LogP contribution in [0.4, 0.5) is 17.1 Å². The van der Waals surface area contributed by atoms with Gasteiger partial charge in [0.25, 0.3) is 5.91 Å². The van der Waals surface area contributed by atoms with Crippen molar-refractivity contribution in [3.63, 3.8) is 0 Å². The minimum atomic E-state index is -0.204. The summed E-state index contributed by atoms with van der Waals surface area (Å²) in [4.78, 5) is 13.9. The third-order valence-corrected chi connectivity index (χ3v) is 6.12. The van der Waals surface area contributed by atoms with Crippen LogP contribution in [0.2, 0.25) is 0 Å². The molecule has 0 atom stereocenters. The molecule has 0 unspecified atom stereocenters. The summed E-state index contributed by atoms with van der Waals surface area (Å²) < 4.78 is 10.6. The van der Waals surface area contributed by atoms with Crippen molar-refractivity contribution in [2.75, 3.05) is 30.6 Å². The van der Waals surface area contributed by atoms with Gasteiger partial charge in [0.15, 0.2) is 11.5 Å². The van der Waals surface area contributed by atoms with Gasteiger partial charge >= 0.3 is 0 Å². The van der Waals surface area contributed by atoms with Crippen LogP contribution in [0, 0.1) is 0 Å². The highest BCUT2D eigenvalue weighted by Gasteiger charge is 2.10. The van der Waals surface area contributed by atoms with E-state index < -0.39 is 0 Å². The van der Waals surface area contributed by atoms with Crippen molar-refractivity contribution in [3.05, 3.63) is 89.3 Å². The lowest BCUT2D eigenvalue weighted by molar-refractivity contribution is 0.102. The average molecular weight is 460 g/mol. The second-order valence-corrected chi connectivity index (χ2v) is 8.30. The summed E-state index contributed by atoms with van der Waals surface area (Å²) in [6.45, 7) is 0.604. The predicted octanol–water partition coefficient (Wildman–Crippen LogP) is 5.88. The van der Waals surface area contributed by atoms with Crippen molar-refractivity contribution in [3.8, 4) is 21.9 Å². The van der Waals surface area contributed by atoms with E-state index in [-0.39, 0.29) is 5.91 Å². The third kappa shape index (κ3) is 5.27. The number of amides is 1. The smallest absolute Gasteiger partial charge is 0.255 e. The third-order valence-electron chi connectivity index (χ3n) is 5.20. The molecule has 0 bridgehead atoms. The van der Waals surface area contributed by atoms with E-state index in [0.29, 0.717) is 35.0 Å². The molecule has 1 amide bonds. The molecule has 4 rings (SSSR count).